The maximum Gasteiger partial charge on any atom is 0.0705 e. The minimum Gasteiger partial charge on any atom is -0.393 e. The molecule has 2 nitrogen and oxygen atoms in total. The lowest BCUT2D eigenvalue weighted by atomic mass is 10.0. The quantitative estimate of drug-likeness (QED) is 0.810. The molecule has 0 aliphatic carbocycles. The van der Waals surface area contributed by atoms with Crippen molar-refractivity contribution in [3.63, 3.8) is 0 Å². The molecule has 1 heterocycles. The van der Waals surface area contributed by atoms with Crippen molar-refractivity contribution in [2.45, 2.75) is 25.9 Å². The number of hydrogen-bond acceptors (Lipinski definition) is 2. The lowest BCUT2D eigenvalue weighted by Crippen LogP contribution is -2.12. The third kappa shape index (κ3) is 2.00. The van der Waals surface area contributed by atoms with Crippen molar-refractivity contribution < 1.29 is 5.11 Å². The number of hydrogen-bond donors (Lipinski definition) is 1. The number of fused-ring (bicyclic) bond motifs is 1. The fourth-order valence-corrected chi connectivity index (χ4v) is 1.58. The summed E-state index contributed by atoms with van der Waals surface area (Å²) >= 11 is 0. The molecule has 0 amide bonds. The number of aliphatic hydroxyl groups excluding tert-OH is 1. The van der Waals surface area contributed by atoms with Crippen LogP contribution in [-0.4, -0.2) is 16.2 Å². The van der Waals surface area contributed by atoms with Gasteiger partial charge < -0.3 is 5.11 Å². The Labute approximate surface area is 89.6 Å². The van der Waals surface area contributed by atoms with Crippen LogP contribution in [0.3, 0.4) is 0 Å². The first-order chi connectivity index (χ1) is 7.18. The van der Waals surface area contributed by atoms with Crippen molar-refractivity contribution in [2.75, 3.05) is 0 Å². The van der Waals surface area contributed by atoms with Gasteiger partial charge in [0, 0.05) is 17.0 Å². The van der Waals surface area contributed by atoms with Gasteiger partial charge in [0.05, 0.1) is 11.6 Å². The van der Waals surface area contributed by atoms with E-state index in [-0.39, 0.29) is 12.0 Å². The van der Waals surface area contributed by atoms with E-state index in [2.05, 4.69) is 11.1 Å². The molecule has 0 spiro atoms. The largest absolute Gasteiger partial charge is 0.393 e. The molecule has 2 atom stereocenters. The van der Waals surface area contributed by atoms with E-state index in [1.54, 1.807) is 6.92 Å². The van der Waals surface area contributed by atoms with E-state index in [0.29, 0.717) is 0 Å². The van der Waals surface area contributed by atoms with Crippen LogP contribution in [0, 0.1) is 0 Å². The Morgan fingerprint density at radius 3 is 2.53 bits per heavy atom. The average Bonchev–Trinajstić information content (AvgIpc) is 2.27. The molecule has 0 bridgehead atoms. The van der Waals surface area contributed by atoms with Crippen LogP contribution in [0.25, 0.3) is 10.9 Å². The van der Waals surface area contributed by atoms with Crippen LogP contribution >= 0.6 is 0 Å². The Morgan fingerprint density at radius 1 is 1.07 bits per heavy atom. The van der Waals surface area contributed by atoms with E-state index in [9.17, 15) is 5.11 Å². The van der Waals surface area contributed by atoms with Crippen molar-refractivity contribution in [1.82, 2.24) is 4.98 Å². The van der Waals surface area contributed by atoms with Crippen LogP contribution in [0.1, 0.15) is 25.5 Å². The Hall–Kier alpha value is -1.41. The first-order valence-electron chi connectivity index (χ1n) is 5.22. The molecule has 1 N–H and O–H groups in total. The highest BCUT2D eigenvalue weighted by Gasteiger charge is 2.12. The lowest BCUT2D eigenvalue weighted by molar-refractivity contribution is 0.167. The number of benzene rings is 1. The monoisotopic (exact) mass is 201 g/mol. The van der Waals surface area contributed by atoms with Crippen LogP contribution in [0.15, 0.2) is 36.4 Å². The molecule has 0 radical (unpaired) electrons. The summed E-state index contributed by atoms with van der Waals surface area (Å²) in [6, 6.07) is 12.1. The molecule has 2 aromatic rings. The summed E-state index contributed by atoms with van der Waals surface area (Å²) in [5.41, 5.74) is 1.94. The third-order valence-corrected chi connectivity index (χ3v) is 2.81. The van der Waals surface area contributed by atoms with Gasteiger partial charge in [-0.1, -0.05) is 31.2 Å². The molecule has 0 fully saturated rings. The summed E-state index contributed by atoms with van der Waals surface area (Å²) in [6.07, 6.45) is -0.362. The smallest absolute Gasteiger partial charge is 0.0705 e. The lowest BCUT2D eigenvalue weighted by Gasteiger charge is -2.14. The van der Waals surface area contributed by atoms with Gasteiger partial charge in [0.15, 0.2) is 0 Å². The van der Waals surface area contributed by atoms with Crippen LogP contribution in [0.2, 0.25) is 0 Å². The van der Waals surface area contributed by atoms with Crippen LogP contribution in [0.4, 0.5) is 0 Å². The van der Waals surface area contributed by atoms with Crippen molar-refractivity contribution in [1.29, 1.82) is 0 Å². The minimum atomic E-state index is -0.362. The van der Waals surface area contributed by atoms with E-state index >= 15 is 0 Å². The van der Waals surface area contributed by atoms with Crippen molar-refractivity contribution in [3.05, 3.63) is 42.1 Å². The number of pyridine rings is 1. The summed E-state index contributed by atoms with van der Waals surface area (Å²) in [6.45, 7) is 3.78. The standard InChI is InChI=1S/C13H15NO/c1-9(10(2)15)12-8-7-11-5-3-4-6-13(11)14-12/h3-10,15H,1-2H3/t9-,10+/m1/s1. The summed E-state index contributed by atoms with van der Waals surface area (Å²) < 4.78 is 0. The topological polar surface area (TPSA) is 33.1 Å². The Kier molecular flexibility index (Phi) is 2.69. The van der Waals surface area contributed by atoms with E-state index in [0.717, 1.165) is 16.6 Å². The number of para-hydroxylation sites is 1. The molecule has 2 heteroatoms. The van der Waals surface area contributed by atoms with Gasteiger partial charge in [-0.2, -0.15) is 0 Å². The van der Waals surface area contributed by atoms with E-state index in [1.807, 2.05) is 37.3 Å². The van der Waals surface area contributed by atoms with Crippen LogP contribution in [0.5, 0.6) is 0 Å². The Balaban J connectivity index is 2.47. The van der Waals surface area contributed by atoms with Crippen LogP contribution < -0.4 is 0 Å². The number of aliphatic hydroxyl groups is 1. The van der Waals surface area contributed by atoms with Gasteiger partial charge in [-0.25, -0.2) is 0 Å². The van der Waals surface area contributed by atoms with Gasteiger partial charge in [0.25, 0.3) is 0 Å². The zero-order valence-corrected chi connectivity index (χ0v) is 9.01. The zero-order chi connectivity index (χ0) is 10.8. The van der Waals surface area contributed by atoms with Gasteiger partial charge in [-0.15, -0.1) is 0 Å². The molecule has 0 aliphatic heterocycles. The highest BCUT2D eigenvalue weighted by atomic mass is 16.3. The van der Waals surface area contributed by atoms with Gasteiger partial charge >= 0.3 is 0 Å². The fourth-order valence-electron chi connectivity index (χ4n) is 1.58. The highest BCUT2D eigenvalue weighted by molar-refractivity contribution is 5.78. The molecule has 1 aromatic heterocycles. The van der Waals surface area contributed by atoms with Crippen molar-refractivity contribution >= 4 is 10.9 Å². The van der Waals surface area contributed by atoms with Crippen LogP contribution in [-0.2, 0) is 0 Å². The summed E-state index contributed by atoms with van der Waals surface area (Å²) in [5.74, 6) is 0.0783. The van der Waals surface area contributed by atoms with E-state index in [4.69, 9.17) is 0 Å². The summed E-state index contributed by atoms with van der Waals surface area (Å²) in [7, 11) is 0. The molecule has 0 aliphatic rings. The third-order valence-electron chi connectivity index (χ3n) is 2.81. The molecule has 2 rings (SSSR count). The highest BCUT2D eigenvalue weighted by Crippen LogP contribution is 2.20. The normalized spacial score (nSPS) is 15.1. The van der Waals surface area contributed by atoms with Gasteiger partial charge in [0.2, 0.25) is 0 Å². The number of aromatic nitrogens is 1. The first-order valence-corrected chi connectivity index (χ1v) is 5.22. The summed E-state index contributed by atoms with van der Waals surface area (Å²) in [4.78, 5) is 4.54. The van der Waals surface area contributed by atoms with E-state index in [1.165, 1.54) is 0 Å². The number of nitrogens with zero attached hydrogens (tertiary/aromatic N) is 1. The zero-order valence-electron chi connectivity index (χ0n) is 9.01. The SMILES string of the molecule is C[C@H](O)[C@@H](C)c1ccc2ccccc2n1. The van der Waals surface area contributed by atoms with Gasteiger partial charge in [-0.3, -0.25) is 4.98 Å². The predicted octanol–water partition coefficient (Wildman–Crippen LogP) is 2.72. The molecule has 78 valence electrons. The summed E-state index contributed by atoms with van der Waals surface area (Å²) in [5, 5.41) is 10.6. The molecule has 0 unspecified atom stereocenters. The average molecular weight is 201 g/mol. The maximum atomic E-state index is 9.51. The predicted molar refractivity (Wildman–Crippen MR) is 61.8 cm³/mol. The van der Waals surface area contributed by atoms with Crippen molar-refractivity contribution in [3.8, 4) is 0 Å². The molecular weight excluding hydrogens is 186 g/mol. The molecule has 0 saturated carbocycles. The maximum absolute atomic E-state index is 9.51. The Bertz CT molecular complexity index is 465. The second-order valence-electron chi connectivity index (χ2n) is 3.96. The van der Waals surface area contributed by atoms with E-state index < -0.39 is 0 Å². The minimum absolute atomic E-state index is 0.0783. The fraction of sp³-hybridized carbons (Fsp3) is 0.308. The van der Waals surface area contributed by atoms with Gasteiger partial charge in [-0.05, 0) is 19.1 Å². The molecule has 15 heavy (non-hydrogen) atoms. The molecule has 1 aromatic carbocycles. The van der Waals surface area contributed by atoms with Gasteiger partial charge in [0.1, 0.15) is 0 Å². The van der Waals surface area contributed by atoms with Crippen molar-refractivity contribution in [2.24, 2.45) is 0 Å². The first kappa shape index (κ1) is 10.1. The second-order valence-corrected chi connectivity index (χ2v) is 3.96. The molecular formula is C13H15NO. The molecule has 0 saturated heterocycles. The Morgan fingerprint density at radius 2 is 1.80 bits per heavy atom. The number of rotatable bonds is 2. The second kappa shape index (κ2) is 3.99.